The average Bonchev–Trinajstić information content (AvgIpc) is 1.72. The van der Waals surface area contributed by atoms with Crippen molar-refractivity contribution in [3.05, 3.63) is 23.0 Å². The van der Waals surface area contributed by atoms with E-state index in [1.165, 1.54) is 0 Å². The SMILES string of the molecule is C1=CSSC=C1.Cl. The zero-order chi connectivity index (χ0) is 4.24. The Morgan fingerprint density at radius 1 is 0.857 bits per heavy atom. The summed E-state index contributed by atoms with van der Waals surface area (Å²) in [6.07, 6.45) is 4.06. The van der Waals surface area contributed by atoms with Crippen LogP contribution in [0.5, 0.6) is 0 Å². The highest BCUT2D eigenvalue weighted by Gasteiger charge is 1.78. The average molecular weight is 153 g/mol. The van der Waals surface area contributed by atoms with Gasteiger partial charge in [0.05, 0.1) is 0 Å². The highest BCUT2D eigenvalue weighted by Crippen LogP contribution is 2.26. The van der Waals surface area contributed by atoms with E-state index < -0.39 is 0 Å². The highest BCUT2D eigenvalue weighted by molar-refractivity contribution is 8.79. The van der Waals surface area contributed by atoms with E-state index in [-0.39, 0.29) is 12.4 Å². The van der Waals surface area contributed by atoms with Crippen molar-refractivity contribution in [2.75, 3.05) is 0 Å². The molecular weight excluding hydrogens is 148 g/mol. The molecule has 0 bridgehead atoms. The summed E-state index contributed by atoms with van der Waals surface area (Å²) in [7, 11) is 3.49. The van der Waals surface area contributed by atoms with Crippen LogP contribution in [0.4, 0.5) is 0 Å². The van der Waals surface area contributed by atoms with E-state index in [0.717, 1.165) is 0 Å². The number of allylic oxidation sites excluding steroid dienone is 2. The lowest BCUT2D eigenvalue weighted by atomic mass is 10.6. The van der Waals surface area contributed by atoms with E-state index >= 15 is 0 Å². The maximum absolute atomic E-state index is 2.06. The molecular formula is C4H5ClS2. The zero-order valence-electron chi connectivity index (χ0n) is 3.53. The van der Waals surface area contributed by atoms with Crippen molar-refractivity contribution in [1.29, 1.82) is 0 Å². The molecule has 7 heavy (non-hydrogen) atoms. The molecule has 0 aromatic rings. The van der Waals surface area contributed by atoms with Gasteiger partial charge < -0.3 is 0 Å². The van der Waals surface area contributed by atoms with Crippen LogP contribution in [0.3, 0.4) is 0 Å². The second kappa shape index (κ2) is 4.62. The summed E-state index contributed by atoms with van der Waals surface area (Å²) in [5, 5.41) is 4.12. The van der Waals surface area contributed by atoms with Gasteiger partial charge in [-0.2, -0.15) is 0 Å². The van der Waals surface area contributed by atoms with Gasteiger partial charge >= 0.3 is 0 Å². The third-order valence-corrected chi connectivity index (χ3v) is 2.08. The lowest BCUT2D eigenvalue weighted by Crippen LogP contribution is -1.49. The predicted molar refractivity (Wildman–Crippen MR) is 40.7 cm³/mol. The van der Waals surface area contributed by atoms with Crippen molar-refractivity contribution in [3.63, 3.8) is 0 Å². The maximum atomic E-state index is 2.06. The molecule has 0 radical (unpaired) electrons. The second-order valence-corrected chi connectivity index (χ2v) is 2.93. The van der Waals surface area contributed by atoms with Gasteiger partial charge in [0.25, 0.3) is 0 Å². The highest BCUT2D eigenvalue weighted by atomic mass is 35.5. The summed E-state index contributed by atoms with van der Waals surface area (Å²) in [5.41, 5.74) is 0. The molecule has 0 aromatic carbocycles. The Morgan fingerprint density at radius 3 is 1.43 bits per heavy atom. The first-order valence-electron chi connectivity index (χ1n) is 1.64. The first-order chi connectivity index (χ1) is 3.00. The van der Waals surface area contributed by atoms with Crippen molar-refractivity contribution in [2.24, 2.45) is 0 Å². The third-order valence-electron chi connectivity index (χ3n) is 0.435. The van der Waals surface area contributed by atoms with E-state index in [1.54, 1.807) is 21.6 Å². The lowest BCUT2D eigenvalue weighted by Gasteiger charge is -1.87. The van der Waals surface area contributed by atoms with E-state index in [2.05, 4.69) is 10.8 Å². The molecule has 0 unspecified atom stereocenters. The smallest absolute Gasteiger partial charge is 0.0178 e. The van der Waals surface area contributed by atoms with Crippen LogP contribution in [-0.2, 0) is 0 Å². The fraction of sp³-hybridized carbons (Fsp3) is 0. The summed E-state index contributed by atoms with van der Waals surface area (Å²) >= 11 is 0. The topological polar surface area (TPSA) is 0 Å². The Kier molecular flexibility index (Phi) is 4.94. The van der Waals surface area contributed by atoms with Crippen molar-refractivity contribution in [3.8, 4) is 0 Å². The Bertz CT molecular complexity index is 75.7. The standard InChI is InChI=1S/C4H4S2.ClH/c1-2-4-6-5-3-1;/h1-4H;1H. The molecule has 1 aliphatic heterocycles. The first kappa shape index (κ1) is 7.47. The molecule has 0 amide bonds. The summed E-state index contributed by atoms with van der Waals surface area (Å²) < 4.78 is 0. The molecule has 1 rings (SSSR count). The maximum Gasteiger partial charge on any atom is -0.0178 e. The third kappa shape index (κ3) is 3.09. The predicted octanol–water partition coefficient (Wildman–Crippen LogP) is 2.83. The number of hydrogen-bond donors (Lipinski definition) is 0. The van der Waals surface area contributed by atoms with Crippen LogP contribution in [0.25, 0.3) is 0 Å². The van der Waals surface area contributed by atoms with Crippen molar-refractivity contribution in [1.82, 2.24) is 0 Å². The van der Waals surface area contributed by atoms with Gasteiger partial charge in [-0.3, -0.25) is 0 Å². The van der Waals surface area contributed by atoms with Crippen LogP contribution in [0, 0.1) is 0 Å². The first-order valence-corrected chi connectivity index (χ1v) is 3.91. The summed E-state index contributed by atoms with van der Waals surface area (Å²) in [4.78, 5) is 0. The molecule has 0 aliphatic carbocycles. The van der Waals surface area contributed by atoms with Gasteiger partial charge in [-0.25, -0.2) is 0 Å². The van der Waals surface area contributed by atoms with E-state index in [0.29, 0.717) is 0 Å². The van der Waals surface area contributed by atoms with Gasteiger partial charge in [0.2, 0.25) is 0 Å². The molecule has 3 heteroatoms. The molecule has 40 valence electrons. The van der Waals surface area contributed by atoms with Crippen LogP contribution in [0.2, 0.25) is 0 Å². The Balaban J connectivity index is 0.000000360. The molecule has 0 nitrogen and oxygen atoms in total. The number of halogens is 1. The normalized spacial score (nSPS) is 16.0. The molecule has 0 fully saturated rings. The Morgan fingerprint density at radius 2 is 1.29 bits per heavy atom. The van der Waals surface area contributed by atoms with Gasteiger partial charge in [-0.1, -0.05) is 33.7 Å². The van der Waals surface area contributed by atoms with E-state index in [4.69, 9.17) is 0 Å². The Labute approximate surface area is 57.2 Å². The lowest BCUT2D eigenvalue weighted by molar-refractivity contribution is 2.10. The van der Waals surface area contributed by atoms with Crippen LogP contribution >= 0.6 is 34.0 Å². The van der Waals surface area contributed by atoms with Gasteiger partial charge in [0, 0.05) is 0 Å². The second-order valence-electron chi connectivity index (χ2n) is 0.850. The van der Waals surface area contributed by atoms with Crippen molar-refractivity contribution in [2.45, 2.75) is 0 Å². The van der Waals surface area contributed by atoms with Crippen molar-refractivity contribution >= 4 is 34.0 Å². The molecule has 0 N–H and O–H groups in total. The van der Waals surface area contributed by atoms with Crippen LogP contribution < -0.4 is 0 Å². The van der Waals surface area contributed by atoms with E-state index in [9.17, 15) is 0 Å². The van der Waals surface area contributed by atoms with Gasteiger partial charge in [-0.15, -0.1) is 12.4 Å². The molecule has 1 aliphatic rings. The minimum absolute atomic E-state index is 0. The van der Waals surface area contributed by atoms with Crippen LogP contribution in [0.15, 0.2) is 23.0 Å². The number of hydrogen-bond acceptors (Lipinski definition) is 2. The largest absolute Gasteiger partial charge is 0.147 e. The van der Waals surface area contributed by atoms with E-state index in [1.807, 2.05) is 12.2 Å². The van der Waals surface area contributed by atoms with Crippen LogP contribution in [-0.4, -0.2) is 0 Å². The van der Waals surface area contributed by atoms with Gasteiger partial charge in [0.15, 0.2) is 0 Å². The molecule has 0 atom stereocenters. The fourth-order valence-electron chi connectivity index (χ4n) is 0.219. The van der Waals surface area contributed by atoms with Crippen LogP contribution in [0.1, 0.15) is 0 Å². The molecule has 0 saturated heterocycles. The molecule has 0 spiro atoms. The molecule has 1 heterocycles. The Hall–Kier alpha value is 0.470. The molecule has 0 aromatic heterocycles. The minimum atomic E-state index is 0. The summed E-state index contributed by atoms with van der Waals surface area (Å²) in [5.74, 6) is 0. The number of rotatable bonds is 0. The quantitative estimate of drug-likeness (QED) is 0.490. The van der Waals surface area contributed by atoms with Crippen molar-refractivity contribution < 1.29 is 0 Å². The van der Waals surface area contributed by atoms with Gasteiger partial charge in [0.1, 0.15) is 0 Å². The monoisotopic (exact) mass is 152 g/mol. The zero-order valence-corrected chi connectivity index (χ0v) is 5.98. The molecule has 0 saturated carbocycles. The fourth-order valence-corrected chi connectivity index (χ4v) is 1.43. The minimum Gasteiger partial charge on any atom is -0.147 e. The summed E-state index contributed by atoms with van der Waals surface area (Å²) in [6, 6.07) is 0. The van der Waals surface area contributed by atoms with Gasteiger partial charge in [-0.05, 0) is 10.8 Å². The summed E-state index contributed by atoms with van der Waals surface area (Å²) in [6.45, 7) is 0.